The van der Waals surface area contributed by atoms with Crippen LogP contribution in [0.15, 0.2) is 193 Å². The standard InChI is InChI=1S/C18H15P.C14H9NO2S.C14H9NS/c1-4-10-16(11-5-1)19(17-12-6-2-7-13-17)18-14-8-3-9-15-18;16-15(17)13-6-2-1-4-11(13)10-5-3-7-14-12(10)8-9-18-14;1-2-4-11-9(3-1)14-10-7-8-16-13(10)6-5-12(14)15-11/h1-15H;1-9H;1-8,15H. The van der Waals surface area contributed by atoms with E-state index in [0.717, 1.165) is 15.6 Å². The summed E-state index contributed by atoms with van der Waals surface area (Å²) >= 11 is 3.44. The molecule has 1 N–H and O–H groups in total. The monoisotopic (exact) mass is 740 g/mol. The van der Waals surface area contributed by atoms with Crippen molar-refractivity contribution in [1.29, 1.82) is 0 Å². The SMILES string of the molecule is O=[N+]([O-])c1ccccc1-c1cccc2sccc12.c1ccc(P(c2ccccc2)c2ccccc2)cc1.c1ccc2c(c1)[nH]c1ccc3sccc3c12. The maximum absolute atomic E-state index is 11.1. The molecule has 0 saturated heterocycles. The van der Waals surface area contributed by atoms with Gasteiger partial charge in [-0.3, -0.25) is 10.1 Å². The van der Waals surface area contributed by atoms with E-state index >= 15 is 0 Å². The number of nitro groups is 1. The zero-order valence-corrected chi connectivity index (χ0v) is 31.0. The average molecular weight is 741 g/mol. The molecule has 53 heavy (non-hydrogen) atoms. The molecule has 7 heteroatoms. The van der Waals surface area contributed by atoms with Gasteiger partial charge in [0.1, 0.15) is 0 Å². The Hall–Kier alpha value is -5.91. The fourth-order valence-corrected chi connectivity index (χ4v) is 10.6. The number of thiophene rings is 2. The number of rotatable bonds is 5. The molecule has 0 atom stereocenters. The van der Waals surface area contributed by atoms with Gasteiger partial charge in [0.05, 0.1) is 10.5 Å². The highest BCUT2D eigenvalue weighted by molar-refractivity contribution is 7.79. The maximum Gasteiger partial charge on any atom is 0.277 e. The third kappa shape index (κ3) is 7.26. The van der Waals surface area contributed by atoms with Crippen LogP contribution in [0.25, 0.3) is 53.1 Å². The average Bonchev–Trinajstić information content (AvgIpc) is 3.98. The molecule has 0 radical (unpaired) electrons. The summed E-state index contributed by atoms with van der Waals surface area (Å²) in [5, 5.41) is 24.5. The summed E-state index contributed by atoms with van der Waals surface area (Å²) in [5.74, 6) is 0. The molecule has 3 aromatic heterocycles. The number of benzene rings is 7. The van der Waals surface area contributed by atoms with Crippen molar-refractivity contribution in [2.24, 2.45) is 0 Å². The zero-order valence-electron chi connectivity index (χ0n) is 28.5. The molecule has 0 aliphatic rings. The van der Waals surface area contributed by atoms with E-state index in [4.69, 9.17) is 0 Å². The number of nitrogens with one attached hydrogen (secondary N) is 1. The van der Waals surface area contributed by atoms with Crippen molar-refractivity contribution in [1.82, 2.24) is 4.98 Å². The third-order valence-corrected chi connectivity index (χ3v) is 13.2. The van der Waals surface area contributed by atoms with Crippen molar-refractivity contribution in [3.8, 4) is 11.1 Å². The fourth-order valence-electron chi connectivity index (χ4n) is 6.66. The molecule has 4 nitrogen and oxygen atoms in total. The van der Waals surface area contributed by atoms with Gasteiger partial charge < -0.3 is 4.98 Å². The molecular formula is C46H33N2O2PS2. The fraction of sp³-hybridized carbons (Fsp3) is 0. The number of nitrogens with zero attached hydrogens (tertiary/aromatic N) is 1. The van der Waals surface area contributed by atoms with Gasteiger partial charge in [-0.2, -0.15) is 0 Å². The number of fused-ring (bicyclic) bond motifs is 6. The lowest BCUT2D eigenvalue weighted by Crippen LogP contribution is -2.20. The second-order valence-electron chi connectivity index (χ2n) is 12.2. The topological polar surface area (TPSA) is 58.9 Å². The van der Waals surface area contributed by atoms with Gasteiger partial charge in [0, 0.05) is 48.0 Å². The maximum atomic E-state index is 11.1. The first-order chi connectivity index (χ1) is 26.2. The summed E-state index contributed by atoms with van der Waals surface area (Å²) in [4.78, 5) is 14.2. The molecule has 0 fully saturated rings. The van der Waals surface area contributed by atoms with Gasteiger partial charge in [-0.05, 0) is 82.6 Å². The third-order valence-electron chi connectivity index (χ3n) is 9.03. The highest BCUT2D eigenvalue weighted by Gasteiger charge is 2.17. The highest BCUT2D eigenvalue weighted by atomic mass is 32.1. The van der Waals surface area contributed by atoms with Crippen molar-refractivity contribution < 1.29 is 4.92 Å². The number of hydrogen-bond donors (Lipinski definition) is 1. The predicted octanol–water partition coefficient (Wildman–Crippen LogP) is 12.5. The Balaban J connectivity index is 0.000000114. The number of nitro benzene ring substituents is 1. The Morgan fingerprint density at radius 1 is 0.453 bits per heavy atom. The molecule has 0 aliphatic carbocycles. The van der Waals surface area contributed by atoms with Crippen LogP contribution >= 0.6 is 30.6 Å². The van der Waals surface area contributed by atoms with Crippen LogP contribution in [-0.4, -0.2) is 9.91 Å². The van der Waals surface area contributed by atoms with Crippen LogP contribution in [0.3, 0.4) is 0 Å². The first kappa shape index (κ1) is 34.2. The van der Waals surface area contributed by atoms with Crippen molar-refractivity contribution in [3.05, 3.63) is 203 Å². The van der Waals surface area contributed by atoms with Crippen molar-refractivity contribution in [3.63, 3.8) is 0 Å². The molecule has 0 saturated carbocycles. The van der Waals surface area contributed by atoms with Crippen LogP contribution in [0.2, 0.25) is 0 Å². The molecule has 0 spiro atoms. The summed E-state index contributed by atoms with van der Waals surface area (Å²) < 4.78 is 2.50. The molecule has 10 rings (SSSR count). The van der Waals surface area contributed by atoms with Crippen LogP contribution < -0.4 is 15.9 Å². The second kappa shape index (κ2) is 15.8. The Morgan fingerprint density at radius 2 is 0.981 bits per heavy atom. The summed E-state index contributed by atoms with van der Waals surface area (Å²) in [6, 6.07) is 62.1. The number of aromatic amines is 1. The molecule has 256 valence electrons. The largest absolute Gasteiger partial charge is 0.354 e. The van der Waals surface area contributed by atoms with Gasteiger partial charge in [-0.25, -0.2) is 0 Å². The molecule has 10 aromatic rings. The Kier molecular flexibility index (Phi) is 10.2. The Bertz CT molecular complexity index is 2680. The van der Waals surface area contributed by atoms with Crippen LogP contribution in [0, 0.1) is 10.1 Å². The van der Waals surface area contributed by atoms with E-state index < -0.39 is 7.92 Å². The summed E-state index contributed by atoms with van der Waals surface area (Å²) in [5.41, 5.74) is 4.19. The van der Waals surface area contributed by atoms with Crippen LogP contribution in [-0.2, 0) is 0 Å². The van der Waals surface area contributed by atoms with E-state index in [-0.39, 0.29) is 10.6 Å². The van der Waals surface area contributed by atoms with Gasteiger partial charge in [-0.1, -0.05) is 133 Å². The van der Waals surface area contributed by atoms with Crippen molar-refractivity contribution >= 4 is 94.2 Å². The minimum absolute atomic E-state index is 0.149. The van der Waals surface area contributed by atoms with Crippen LogP contribution in [0.1, 0.15) is 0 Å². The van der Waals surface area contributed by atoms with Gasteiger partial charge in [0.25, 0.3) is 5.69 Å². The molecule has 0 unspecified atom stereocenters. The first-order valence-corrected chi connectivity index (χ1v) is 20.3. The van der Waals surface area contributed by atoms with E-state index in [1.54, 1.807) is 40.9 Å². The normalized spacial score (nSPS) is 11.0. The minimum Gasteiger partial charge on any atom is -0.354 e. The zero-order chi connectivity index (χ0) is 36.0. The highest BCUT2D eigenvalue weighted by Crippen LogP contribution is 2.37. The Labute approximate surface area is 316 Å². The number of hydrogen-bond acceptors (Lipinski definition) is 4. The van der Waals surface area contributed by atoms with Gasteiger partial charge >= 0.3 is 0 Å². The lowest BCUT2D eigenvalue weighted by Gasteiger charge is -2.18. The summed E-state index contributed by atoms with van der Waals surface area (Å²) in [6.07, 6.45) is 0. The minimum atomic E-state index is -0.446. The lowest BCUT2D eigenvalue weighted by molar-refractivity contribution is -0.384. The van der Waals surface area contributed by atoms with Gasteiger partial charge in [-0.15, -0.1) is 22.7 Å². The van der Waals surface area contributed by atoms with Gasteiger partial charge in [0.2, 0.25) is 0 Å². The number of para-hydroxylation sites is 2. The summed E-state index contributed by atoms with van der Waals surface area (Å²) in [7, 11) is -0.446. The summed E-state index contributed by atoms with van der Waals surface area (Å²) in [6.45, 7) is 0. The quantitative estimate of drug-likeness (QED) is 0.108. The van der Waals surface area contributed by atoms with E-state index in [9.17, 15) is 10.1 Å². The molecule has 0 aliphatic heterocycles. The van der Waals surface area contributed by atoms with E-state index in [2.05, 4.69) is 144 Å². The van der Waals surface area contributed by atoms with Crippen LogP contribution in [0.4, 0.5) is 5.69 Å². The van der Waals surface area contributed by atoms with Crippen LogP contribution in [0.5, 0.6) is 0 Å². The van der Waals surface area contributed by atoms with Gasteiger partial charge in [0.15, 0.2) is 0 Å². The van der Waals surface area contributed by atoms with Crippen molar-refractivity contribution in [2.45, 2.75) is 0 Å². The van der Waals surface area contributed by atoms with Crippen molar-refractivity contribution in [2.75, 3.05) is 0 Å². The molecule has 7 aromatic carbocycles. The Morgan fingerprint density at radius 3 is 1.62 bits per heavy atom. The van der Waals surface area contributed by atoms with E-state index in [1.807, 2.05) is 35.7 Å². The predicted molar refractivity (Wildman–Crippen MR) is 230 cm³/mol. The molecule has 3 heterocycles. The second-order valence-corrected chi connectivity index (χ2v) is 16.4. The molecular weight excluding hydrogens is 708 g/mol. The first-order valence-electron chi connectivity index (χ1n) is 17.2. The lowest BCUT2D eigenvalue weighted by atomic mass is 10.0. The molecule has 0 amide bonds. The number of H-pyrrole nitrogens is 1. The van der Waals surface area contributed by atoms with E-state index in [0.29, 0.717) is 5.56 Å². The molecule has 0 bridgehead atoms. The smallest absolute Gasteiger partial charge is 0.277 e. The number of aromatic nitrogens is 1. The van der Waals surface area contributed by atoms with E-state index in [1.165, 1.54) is 47.8 Å².